The number of hydrogen-bond acceptors (Lipinski definition) is 5. The van der Waals surface area contributed by atoms with Gasteiger partial charge in [-0.1, -0.05) is 36.4 Å². The minimum Gasteiger partial charge on any atom is -0.224 e. The SMILES string of the molecule is CS(=O)(=O)c1ccc(S(OS(=O)(=O)C(F)(F)F)(c2ccccc2)c2ccccc2)cc1. The van der Waals surface area contributed by atoms with E-state index in [0.29, 0.717) is 0 Å². The first kappa shape index (κ1) is 23.3. The lowest BCUT2D eigenvalue weighted by atomic mass is 10.4. The van der Waals surface area contributed by atoms with Gasteiger partial charge in [0, 0.05) is 20.9 Å². The molecule has 0 saturated heterocycles. The summed E-state index contributed by atoms with van der Waals surface area (Å²) in [5.41, 5.74) is -5.65. The lowest BCUT2D eigenvalue weighted by molar-refractivity contribution is -0.0496. The Balaban J connectivity index is 2.38. The van der Waals surface area contributed by atoms with Crippen molar-refractivity contribution in [2.24, 2.45) is 0 Å². The Morgan fingerprint density at radius 3 is 1.32 bits per heavy atom. The van der Waals surface area contributed by atoms with Gasteiger partial charge in [0.05, 0.1) is 4.90 Å². The van der Waals surface area contributed by atoms with Crippen LogP contribution in [0.15, 0.2) is 105 Å². The monoisotopic (exact) mass is 490 g/mol. The molecule has 0 spiro atoms. The molecule has 11 heteroatoms. The summed E-state index contributed by atoms with van der Waals surface area (Å²) in [6.07, 6.45) is 0.987. The molecule has 5 nitrogen and oxygen atoms in total. The first-order chi connectivity index (χ1) is 14.4. The van der Waals surface area contributed by atoms with Gasteiger partial charge in [0.1, 0.15) is 0 Å². The predicted octanol–water partition coefficient (Wildman–Crippen LogP) is 5.15. The fourth-order valence-corrected chi connectivity index (χ4v) is 8.18. The first-order valence-electron chi connectivity index (χ1n) is 8.64. The number of halogens is 3. The van der Waals surface area contributed by atoms with Crippen molar-refractivity contribution in [2.75, 3.05) is 6.26 Å². The van der Waals surface area contributed by atoms with Gasteiger partial charge in [-0.2, -0.15) is 25.2 Å². The van der Waals surface area contributed by atoms with Crippen LogP contribution < -0.4 is 0 Å². The molecular formula is C20H17F3O5S3. The Labute approximate surface area is 180 Å². The van der Waals surface area contributed by atoms with Crippen molar-refractivity contribution < 1.29 is 33.6 Å². The molecule has 0 unspecified atom stereocenters. The van der Waals surface area contributed by atoms with E-state index >= 15 is 0 Å². The Hall–Kier alpha value is -2.34. The van der Waals surface area contributed by atoms with Crippen LogP contribution in [0.2, 0.25) is 0 Å². The van der Waals surface area contributed by atoms with E-state index in [9.17, 15) is 30.0 Å². The molecule has 3 rings (SSSR count). The summed E-state index contributed by atoms with van der Waals surface area (Å²) in [6, 6.07) is 20.3. The Bertz CT molecular complexity index is 1220. The normalized spacial score (nSPS) is 13.7. The van der Waals surface area contributed by atoms with Gasteiger partial charge in [-0.15, -0.1) is 0 Å². The van der Waals surface area contributed by atoms with Gasteiger partial charge >= 0.3 is 15.6 Å². The fraction of sp³-hybridized carbons (Fsp3) is 0.100. The molecule has 0 fully saturated rings. The maximum absolute atomic E-state index is 13.4. The Morgan fingerprint density at radius 2 is 0.968 bits per heavy atom. The van der Waals surface area contributed by atoms with Crippen LogP contribution in [-0.2, 0) is 23.6 Å². The van der Waals surface area contributed by atoms with Gasteiger partial charge in [-0.05, 0) is 58.8 Å². The highest BCUT2D eigenvalue weighted by Crippen LogP contribution is 2.70. The molecule has 0 aliphatic carbocycles. The molecule has 0 atom stereocenters. The molecular weight excluding hydrogens is 473 g/mol. The number of hydrogen-bond donors (Lipinski definition) is 0. The van der Waals surface area contributed by atoms with Crippen molar-refractivity contribution in [3.8, 4) is 0 Å². The second-order valence-corrected chi connectivity index (χ2v) is 12.9. The lowest BCUT2D eigenvalue weighted by Crippen LogP contribution is -2.27. The minimum absolute atomic E-state index is 0.0654. The summed E-state index contributed by atoms with van der Waals surface area (Å²) in [6.45, 7) is 0. The third kappa shape index (κ3) is 4.64. The molecule has 166 valence electrons. The van der Waals surface area contributed by atoms with E-state index in [1.54, 1.807) is 36.4 Å². The third-order valence-electron chi connectivity index (χ3n) is 4.21. The smallest absolute Gasteiger partial charge is 0.224 e. The first-order valence-corrected chi connectivity index (χ1v) is 13.5. The standard InChI is InChI=1S/C20H17F3O5S3/c1-29(24,25)16-12-14-19(15-13-16)30(17-8-4-2-5-9-17,18-10-6-3-7-11-18)28-31(26,27)20(21,22)23/h2-15H,1H3. The molecule has 0 aliphatic heterocycles. The van der Waals surface area contributed by atoms with E-state index in [0.717, 1.165) is 6.26 Å². The number of sulfone groups is 1. The van der Waals surface area contributed by atoms with Crippen LogP contribution in [0.1, 0.15) is 0 Å². The predicted molar refractivity (Wildman–Crippen MR) is 111 cm³/mol. The van der Waals surface area contributed by atoms with Crippen molar-refractivity contribution >= 4 is 30.3 Å². The second kappa shape index (κ2) is 8.30. The number of rotatable bonds is 6. The highest BCUT2D eigenvalue weighted by molar-refractivity contribution is 8.33. The lowest BCUT2D eigenvalue weighted by Gasteiger charge is -2.39. The van der Waals surface area contributed by atoms with Gasteiger partial charge in [-0.3, -0.25) is 0 Å². The zero-order valence-corrected chi connectivity index (χ0v) is 18.4. The van der Waals surface area contributed by atoms with Gasteiger partial charge < -0.3 is 0 Å². The summed E-state index contributed by atoms with van der Waals surface area (Å²) < 4.78 is 93.1. The number of benzene rings is 3. The van der Waals surface area contributed by atoms with Crippen molar-refractivity contribution in [3.05, 3.63) is 84.9 Å². The van der Waals surface area contributed by atoms with E-state index in [2.05, 4.69) is 0 Å². The third-order valence-corrected chi connectivity index (χ3v) is 10.2. The maximum Gasteiger partial charge on any atom is 0.524 e. The largest absolute Gasteiger partial charge is 0.524 e. The van der Waals surface area contributed by atoms with Crippen LogP contribution in [0.4, 0.5) is 13.2 Å². The summed E-state index contributed by atoms with van der Waals surface area (Å²) in [5.74, 6) is 0. The average Bonchev–Trinajstić information content (AvgIpc) is 2.72. The van der Waals surface area contributed by atoms with E-state index in [-0.39, 0.29) is 19.6 Å². The van der Waals surface area contributed by atoms with E-state index in [4.69, 9.17) is 3.63 Å². The van der Waals surface area contributed by atoms with Crippen molar-refractivity contribution in [2.45, 2.75) is 25.1 Å². The molecule has 0 heterocycles. The quantitative estimate of drug-likeness (QED) is 0.447. The molecule has 0 radical (unpaired) electrons. The molecule has 0 aliphatic rings. The van der Waals surface area contributed by atoms with Gasteiger partial charge in [0.15, 0.2) is 9.84 Å². The molecule has 3 aromatic rings. The zero-order chi connectivity index (χ0) is 22.9. The molecule has 0 saturated carbocycles. The Kier molecular flexibility index (Phi) is 6.25. The second-order valence-electron chi connectivity index (χ2n) is 6.39. The van der Waals surface area contributed by atoms with Gasteiger partial charge in [0.25, 0.3) is 0 Å². The highest BCUT2D eigenvalue weighted by atomic mass is 32.3. The fourth-order valence-electron chi connectivity index (χ4n) is 2.80. The topological polar surface area (TPSA) is 77.5 Å². The van der Waals surface area contributed by atoms with Crippen LogP contribution in [0.25, 0.3) is 0 Å². The van der Waals surface area contributed by atoms with Crippen molar-refractivity contribution in [1.82, 2.24) is 0 Å². The average molecular weight is 491 g/mol. The summed E-state index contributed by atoms with van der Waals surface area (Å²) >= 11 is 0. The van der Waals surface area contributed by atoms with Crippen LogP contribution >= 0.6 is 10.3 Å². The minimum atomic E-state index is -6.02. The van der Waals surface area contributed by atoms with Crippen LogP contribution in [0, 0.1) is 0 Å². The Morgan fingerprint density at radius 1 is 0.613 bits per heavy atom. The summed E-state index contributed by atoms with van der Waals surface area (Å²) in [4.78, 5) is 0.414. The summed E-state index contributed by atoms with van der Waals surface area (Å²) in [5, 5.41) is 0. The van der Waals surface area contributed by atoms with Crippen LogP contribution in [0.5, 0.6) is 0 Å². The van der Waals surface area contributed by atoms with Gasteiger partial charge in [-0.25, -0.2) is 8.42 Å². The highest BCUT2D eigenvalue weighted by Gasteiger charge is 2.52. The van der Waals surface area contributed by atoms with Crippen molar-refractivity contribution in [1.29, 1.82) is 0 Å². The van der Waals surface area contributed by atoms with E-state index in [1.165, 1.54) is 48.5 Å². The molecule has 0 bridgehead atoms. The molecule has 3 aromatic carbocycles. The molecule has 31 heavy (non-hydrogen) atoms. The summed E-state index contributed by atoms with van der Waals surface area (Å²) in [7, 11) is -13.0. The van der Waals surface area contributed by atoms with Gasteiger partial charge in [0.2, 0.25) is 0 Å². The maximum atomic E-state index is 13.4. The molecule has 0 aromatic heterocycles. The molecule has 0 N–H and O–H groups in total. The number of alkyl halides is 3. The van der Waals surface area contributed by atoms with E-state index in [1.807, 2.05) is 0 Å². The van der Waals surface area contributed by atoms with E-state index < -0.39 is 35.8 Å². The van der Waals surface area contributed by atoms with Crippen molar-refractivity contribution in [3.63, 3.8) is 0 Å². The van der Waals surface area contributed by atoms with Crippen LogP contribution in [0.3, 0.4) is 0 Å². The zero-order valence-electron chi connectivity index (χ0n) is 16.0. The molecule has 0 amide bonds. The van der Waals surface area contributed by atoms with Crippen LogP contribution in [-0.4, -0.2) is 28.6 Å².